The lowest BCUT2D eigenvalue weighted by Gasteiger charge is -2.19. The van der Waals surface area contributed by atoms with E-state index in [0.29, 0.717) is 0 Å². The Labute approximate surface area is 242 Å². The molecule has 0 bridgehead atoms. The zero-order valence-corrected chi connectivity index (χ0v) is 23.4. The molecule has 0 aliphatic rings. The van der Waals surface area contributed by atoms with Crippen LogP contribution in [0.25, 0.3) is 38.6 Å². The molecule has 7 rings (SSSR count). The third-order valence-electron chi connectivity index (χ3n) is 7.50. The number of fused-ring (bicyclic) bond motifs is 3. The van der Waals surface area contributed by atoms with Crippen LogP contribution in [0.2, 0.25) is 0 Å². The molecule has 1 heterocycles. The number of rotatable bonds is 5. The number of hydrogen-bond donors (Lipinski definition) is 0. The van der Waals surface area contributed by atoms with Crippen molar-refractivity contribution in [3.63, 3.8) is 0 Å². The summed E-state index contributed by atoms with van der Waals surface area (Å²) < 4.78 is 3.44. The second kappa shape index (κ2) is 10.5. The van der Waals surface area contributed by atoms with E-state index >= 15 is 0 Å². The van der Waals surface area contributed by atoms with Crippen LogP contribution in [0, 0.1) is 0 Å². The predicted octanol–water partition coefficient (Wildman–Crippen LogP) is 10.6. The average molecular weight is 577 g/mol. The van der Waals surface area contributed by atoms with Crippen molar-refractivity contribution in [2.75, 3.05) is 0 Å². The van der Waals surface area contributed by atoms with Crippen LogP contribution in [0.15, 0.2) is 162 Å². The van der Waals surface area contributed by atoms with Gasteiger partial charge in [-0.05, 0) is 69.8 Å². The SMILES string of the molecule is Brc1ccc(/C(=C(\c2ccccc2)c2ccc(-n3c4ccccc4c4ccccc43)cc2)c2ccccc2)cc1. The quantitative estimate of drug-likeness (QED) is 0.180. The first-order chi connectivity index (χ1) is 19.8. The number of benzene rings is 6. The molecule has 0 radical (unpaired) electrons. The molecule has 0 unspecified atom stereocenters. The van der Waals surface area contributed by atoms with Crippen LogP contribution in [0.4, 0.5) is 0 Å². The number of para-hydroxylation sites is 2. The average Bonchev–Trinajstić information content (AvgIpc) is 3.36. The third-order valence-corrected chi connectivity index (χ3v) is 8.03. The standard InChI is InChI=1S/C38H26BrN/c39-31-23-19-29(20-24-31)37(27-11-3-1-4-12-27)38(28-13-5-2-6-14-28)30-21-25-32(26-22-30)40-35-17-9-7-15-33(35)34-16-8-10-18-36(34)40/h1-26H/b38-37+. The fraction of sp³-hybridized carbons (Fsp3) is 0. The van der Waals surface area contributed by atoms with E-state index in [-0.39, 0.29) is 0 Å². The Hall–Kier alpha value is -4.66. The van der Waals surface area contributed by atoms with Crippen LogP contribution >= 0.6 is 15.9 Å². The highest BCUT2D eigenvalue weighted by Gasteiger charge is 2.17. The summed E-state index contributed by atoms with van der Waals surface area (Å²) in [5, 5.41) is 2.54. The fourth-order valence-electron chi connectivity index (χ4n) is 5.71. The summed E-state index contributed by atoms with van der Waals surface area (Å²) in [6, 6.07) is 56.4. The van der Waals surface area contributed by atoms with Gasteiger partial charge in [0.2, 0.25) is 0 Å². The summed E-state index contributed by atoms with van der Waals surface area (Å²) in [4.78, 5) is 0. The van der Waals surface area contributed by atoms with Crippen molar-refractivity contribution >= 4 is 48.9 Å². The van der Waals surface area contributed by atoms with E-state index < -0.39 is 0 Å². The molecule has 0 N–H and O–H groups in total. The van der Waals surface area contributed by atoms with Gasteiger partial charge >= 0.3 is 0 Å². The zero-order chi connectivity index (χ0) is 26.9. The lowest BCUT2D eigenvalue weighted by Crippen LogP contribution is -1.99. The fourth-order valence-corrected chi connectivity index (χ4v) is 5.98. The van der Waals surface area contributed by atoms with Crippen molar-refractivity contribution in [1.29, 1.82) is 0 Å². The molecule has 190 valence electrons. The maximum absolute atomic E-state index is 3.62. The third kappa shape index (κ3) is 4.37. The van der Waals surface area contributed by atoms with Gasteiger partial charge in [-0.3, -0.25) is 0 Å². The Morgan fingerprint density at radius 3 is 1.23 bits per heavy atom. The van der Waals surface area contributed by atoms with E-state index in [1.54, 1.807) is 0 Å². The monoisotopic (exact) mass is 575 g/mol. The van der Waals surface area contributed by atoms with Gasteiger partial charge in [0.15, 0.2) is 0 Å². The van der Waals surface area contributed by atoms with Gasteiger partial charge in [-0.2, -0.15) is 0 Å². The minimum absolute atomic E-state index is 1.07. The lowest BCUT2D eigenvalue weighted by atomic mass is 9.86. The van der Waals surface area contributed by atoms with Crippen molar-refractivity contribution in [2.24, 2.45) is 0 Å². The molecular weight excluding hydrogens is 550 g/mol. The minimum Gasteiger partial charge on any atom is -0.309 e. The van der Waals surface area contributed by atoms with Crippen LogP contribution in [0.5, 0.6) is 0 Å². The maximum atomic E-state index is 3.62. The van der Waals surface area contributed by atoms with Gasteiger partial charge in [0.25, 0.3) is 0 Å². The molecule has 1 aromatic heterocycles. The molecule has 7 aromatic rings. The summed E-state index contributed by atoms with van der Waals surface area (Å²) in [7, 11) is 0. The summed E-state index contributed by atoms with van der Waals surface area (Å²) in [5.41, 5.74) is 10.7. The topological polar surface area (TPSA) is 4.93 Å². The molecule has 6 aromatic carbocycles. The molecule has 0 spiro atoms. The maximum Gasteiger partial charge on any atom is 0.0541 e. The Morgan fingerprint density at radius 2 is 0.750 bits per heavy atom. The molecule has 0 saturated carbocycles. The van der Waals surface area contributed by atoms with E-state index in [1.807, 2.05) is 0 Å². The van der Waals surface area contributed by atoms with Gasteiger partial charge in [0.1, 0.15) is 0 Å². The van der Waals surface area contributed by atoms with Crippen molar-refractivity contribution < 1.29 is 0 Å². The normalized spacial score (nSPS) is 12.0. The Bertz CT molecular complexity index is 1910. The van der Waals surface area contributed by atoms with Crippen LogP contribution in [0.3, 0.4) is 0 Å². The predicted molar refractivity (Wildman–Crippen MR) is 173 cm³/mol. The molecule has 40 heavy (non-hydrogen) atoms. The van der Waals surface area contributed by atoms with E-state index in [4.69, 9.17) is 0 Å². The van der Waals surface area contributed by atoms with Crippen LogP contribution < -0.4 is 0 Å². The first-order valence-electron chi connectivity index (χ1n) is 13.5. The molecule has 2 heteroatoms. The molecule has 0 saturated heterocycles. The van der Waals surface area contributed by atoms with Gasteiger partial charge in [-0.25, -0.2) is 0 Å². The molecule has 0 fully saturated rings. The Balaban J connectivity index is 1.47. The Kier molecular flexibility index (Phi) is 6.39. The van der Waals surface area contributed by atoms with E-state index in [0.717, 1.165) is 10.2 Å². The van der Waals surface area contributed by atoms with E-state index in [1.165, 1.54) is 55.2 Å². The molecular formula is C38H26BrN. The first-order valence-corrected chi connectivity index (χ1v) is 14.3. The lowest BCUT2D eigenvalue weighted by molar-refractivity contribution is 1.18. The Morgan fingerprint density at radius 1 is 0.375 bits per heavy atom. The summed E-state index contributed by atoms with van der Waals surface area (Å²) in [6.45, 7) is 0. The molecule has 0 aliphatic carbocycles. The zero-order valence-electron chi connectivity index (χ0n) is 21.8. The highest BCUT2D eigenvalue weighted by molar-refractivity contribution is 9.10. The molecule has 0 amide bonds. The van der Waals surface area contributed by atoms with E-state index in [2.05, 4.69) is 178 Å². The molecule has 0 atom stereocenters. The van der Waals surface area contributed by atoms with Crippen LogP contribution in [-0.4, -0.2) is 4.57 Å². The summed E-state index contributed by atoms with van der Waals surface area (Å²) >= 11 is 3.62. The van der Waals surface area contributed by atoms with Gasteiger partial charge < -0.3 is 4.57 Å². The second-order valence-corrected chi connectivity index (χ2v) is 10.8. The minimum atomic E-state index is 1.07. The highest BCUT2D eigenvalue weighted by atomic mass is 79.9. The van der Waals surface area contributed by atoms with Crippen molar-refractivity contribution in [3.8, 4) is 5.69 Å². The van der Waals surface area contributed by atoms with Crippen molar-refractivity contribution in [2.45, 2.75) is 0 Å². The second-order valence-electron chi connectivity index (χ2n) is 9.91. The summed E-state index contributed by atoms with van der Waals surface area (Å²) in [6.07, 6.45) is 0. The summed E-state index contributed by atoms with van der Waals surface area (Å²) in [5.74, 6) is 0. The van der Waals surface area contributed by atoms with Crippen molar-refractivity contribution in [3.05, 3.63) is 184 Å². The van der Waals surface area contributed by atoms with Gasteiger partial charge in [-0.15, -0.1) is 0 Å². The van der Waals surface area contributed by atoms with Gasteiger partial charge in [0.05, 0.1) is 11.0 Å². The number of hydrogen-bond acceptors (Lipinski definition) is 0. The van der Waals surface area contributed by atoms with Gasteiger partial charge in [0, 0.05) is 20.9 Å². The van der Waals surface area contributed by atoms with Crippen LogP contribution in [0.1, 0.15) is 22.3 Å². The van der Waals surface area contributed by atoms with Crippen LogP contribution in [-0.2, 0) is 0 Å². The number of aromatic nitrogens is 1. The molecule has 0 aliphatic heterocycles. The first kappa shape index (κ1) is 24.4. The number of halogens is 1. The highest BCUT2D eigenvalue weighted by Crippen LogP contribution is 2.38. The van der Waals surface area contributed by atoms with Gasteiger partial charge in [-0.1, -0.05) is 137 Å². The number of nitrogens with zero attached hydrogens (tertiary/aromatic N) is 1. The largest absolute Gasteiger partial charge is 0.309 e. The smallest absolute Gasteiger partial charge is 0.0541 e. The van der Waals surface area contributed by atoms with Crippen molar-refractivity contribution in [1.82, 2.24) is 4.57 Å². The van der Waals surface area contributed by atoms with E-state index in [9.17, 15) is 0 Å². The molecule has 1 nitrogen and oxygen atoms in total.